The Labute approximate surface area is 141 Å². The van der Waals surface area contributed by atoms with E-state index < -0.39 is 5.82 Å². The minimum Gasteiger partial charge on any atom is -0.408 e. The molecule has 6 nitrogen and oxygen atoms in total. The van der Waals surface area contributed by atoms with Crippen molar-refractivity contribution in [3.05, 3.63) is 39.9 Å². The zero-order valence-electron chi connectivity index (χ0n) is 12.6. The van der Waals surface area contributed by atoms with Crippen molar-refractivity contribution in [2.75, 3.05) is 31.1 Å². The highest BCUT2D eigenvalue weighted by molar-refractivity contribution is 9.10. The van der Waals surface area contributed by atoms with Gasteiger partial charge in [-0.3, -0.25) is 4.79 Å². The third kappa shape index (κ3) is 3.52. The number of carbonyl (C=O) groups excluding carboxylic acids is 1. The van der Waals surface area contributed by atoms with E-state index in [0.29, 0.717) is 54.5 Å². The average molecular weight is 383 g/mol. The fourth-order valence-electron chi connectivity index (χ4n) is 2.48. The lowest BCUT2D eigenvalue weighted by molar-refractivity contribution is 0.0744. The van der Waals surface area contributed by atoms with Gasteiger partial charge in [-0.25, -0.2) is 4.39 Å². The number of hydrogen-bond donors (Lipinski definition) is 0. The summed E-state index contributed by atoms with van der Waals surface area (Å²) >= 11 is 3.21. The maximum Gasteiger partial charge on any atom is 0.318 e. The van der Waals surface area contributed by atoms with Crippen molar-refractivity contribution in [1.82, 2.24) is 15.1 Å². The number of benzene rings is 1. The van der Waals surface area contributed by atoms with Gasteiger partial charge in [-0.2, -0.15) is 0 Å². The minimum atomic E-state index is -0.431. The van der Waals surface area contributed by atoms with Crippen LogP contribution in [0.15, 0.2) is 27.1 Å². The molecule has 0 saturated carbocycles. The summed E-state index contributed by atoms with van der Waals surface area (Å²) in [5.41, 5.74) is 0.344. The lowest BCUT2D eigenvalue weighted by Gasteiger charge is -2.33. The van der Waals surface area contributed by atoms with Gasteiger partial charge in [0.1, 0.15) is 5.82 Å². The van der Waals surface area contributed by atoms with Crippen LogP contribution in [0.2, 0.25) is 0 Å². The molecule has 2 aromatic rings. The molecule has 122 valence electrons. The summed E-state index contributed by atoms with van der Waals surface area (Å²) in [6.45, 7) is 4.21. The molecular formula is C15H16BrFN4O2. The standard InChI is InChI=1S/C15H16BrFN4O2/c1-2-13-18-19-15(23-13)21-5-3-20(4-6-21)14(22)10-7-11(16)9-12(17)8-10/h7-9H,2-6H2,1H3. The normalized spacial score (nSPS) is 15.1. The van der Waals surface area contributed by atoms with Gasteiger partial charge in [-0.1, -0.05) is 28.0 Å². The van der Waals surface area contributed by atoms with Crippen molar-refractivity contribution in [3.8, 4) is 0 Å². The molecule has 0 radical (unpaired) electrons. The first-order valence-electron chi connectivity index (χ1n) is 7.39. The van der Waals surface area contributed by atoms with Gasteiger partial charge in [0.25, 0.3) is 5.91 Å². The molecule has 8 heteroatoms. The third-order valence-electron chi connectivity index (χ3n) is 3.71. The Morgan fingerprint density at radius 1 is 1.26 bits per heavy atom. The quantitative estimate of drug-likeness (QED) is 0.815. The highest BCUT2D eigenvalue weighted by Crippen LogP contribution is 2.19. The first-order chi connectivity index (χ1) is 11.1. The number of hydrogen-bond acceptors (Lipinski definition) is 5. The monoisotopic (exact) mass is 382 g/mol. The van der Waals surface area contributed by atoms with Crippen LogP contribution in [-0.2, 0) is 6.42 Å². The summed E-state index contributed by atoms with van der Waals surface area (Å²) in [7, 11) is 0. The van der Waals surface area contributed by atoms with Gasteiger partial charge in [0, 0.05) is 42.6 Å². The second kappa shape index (κ2) is 6.66. The summed E-state index contributed by atoms with van der Waals surface area (Å²) in [6.07, 6.45) is 0.694. The molecule has 0 aliphatic carbocycles. The van der Waals surface area contributed by atoms with Crippen LogP contribution in [0.4, 0.5) is 10.4 Å². The van der Waals surface area contributed by atoms with Crippen molar-refractivity contribution in [2.24, 2.45) is 0 Å². The molecule has 1 aliphatic rings. The summed E-state index contributed by atoms with van der Waals surface area (Å²) in [4.78, 5) is 16.1. The van der Waals surface area contributed by atoms with E-state index in [4.69, 9.17) is 4.42 Å². The van der Waals surface area contributed by atoms with Crippen LogP contribution in [0.5, 0.6) is 0 Å². The van der Waals surface area contributed by atoms with E-state index in [9.17, 15) is 9.18 Å². The predicted octanol–water partition coefficient (Wildman–Crippen LogP) is 2.50. The molecular weight excluding hydrogens is 367 g/mol. The fourth-order valence-corrected chi connectivity index (χ4v) is 2.94. The summed E-state index contributed by atoms with van der Waals surface area (Å²) in [5, 5.41) is 7.96. The lowest BCUT2D eigenvalue weighted by Crippen LogP contribution is -2.49. The number of piperazine rings is 1. The molecule has 1 aliphatic heterocycles. The van der Waals surface area contributed by atoms with Gasteiger partial charge >= 0.3 is 6.01 Å². The van der Waals surface area contributed by atoms with Crippen LogP contribution in [-0.4, -0.2) is 47.2 Å². The average Bonchev–Trinajstić information content (AvgIpc) is 3.02. The van der Waals surface area contributed by atoms with E-state index in [2.05, 4.69) is 26.1 Å². The zero-order chi connectivity index (χ0) is 16.4. The molecule has 1 saturated heterocycles. The van der Waals surface area contributed by atoms with Crippen molar-refractivity contribution < 1.29 is 13.6 Å². The molecule has 0 bridgehead atoms. The van der Waals surface area contributed by atoms with E-state index in [1.165, 1.54) is 12.1 Å². The van der Waals surface area contributed by atoms with E-state index in [1.807, 2.05) is 11.8 Å². The smallest absolute Gasteiger partial charge is 0.318 e. The van der Waals surface area contributed by atoms with Crippen molar-refractivity contribution in [1.29, 1.82) is 0 Å². The Morgan fingerprint density at radius 3 is 2.61 bits per heavy atom. The molecule has 0 unspecified atom stereocenters. The highest BCUT2D eigenvalue weighted by atomic mass is 79.9. The Hall–Kier alpha value is -1.96. The molecule has 23 heavy (non-hydrogen) atoms. The van der Waals surface area contributed by atoms with E-state index in [1.54, 1.807) is 11.0 Å². The molecule has 1 amide bonds. The second-order valence-electron chi connectivity index (χ2n) is 5.27. The third-order valence-corrected chi connectivity index (χ3v) is 4.16. The topological polar surface area (TPSA) is 62.5 Å². The van der Waals surface area contributed by atoms with Crippen LogP contribution in [0.1, 0.15) is 23.2 Å². The van der Waals surface area contributed by atoms with Gasteiger partial charge in [0.15, 0.2) is 0 Å². The van der Waals surface area contributed by atoms with Gasteiger partial charge in [0.05, 0.1) is 0 Å². The number of rotatable bonds is 3. The van der Waals surface area contributed by atoms with Crippen LogP contribution in [0.3, 0.4) is 0 Å². The van der Waals surface area contributed by atoms with Crippen molar-refractivity contribution >= 4 is 27.9 Å². The zero-order valence-corrected chi connectivity index (χ0v) is 14.2. The molecule has 0 atom stereocenters. The van der Waals surface area contributed by atoms with Gasteiger partial charge in [0.2, 0.25) is 5.89 Å². The highest BCUT2D eigenvalue weighted by Gasteiger charge is 2.25. The Bertz CT molecular complexity index is 693. The minimum absolute atomic E-state index is 0.176. The number of nitrogens with zero attached hydrogens (tertiary/aromatic N) is 4. The molecule has 2 heterocycles. The maximum absolute atomic E-state index is 13.4. The molecule has 3 rings (SSSR count). The van der Waals surface area contributed by atoms with Crippen molar-refractivity contribution in [3.63, 3.8) is 0 Å². The van der Waals surface area contributed by atoms with E-state index >= 15 is 0 Å². The van der Waals surface area contributed by atoms with E-state index in [-0.39, 0.29) is 5.91 Å². The fraction of sp³-hybridized carbons (Fsp3) is 0.400. The van der Waals surface area contributed by atoms with Gasteiger partial charge < -0.3 is 14.2 Å². The molecule has 1 fully saturated rings. The van der Waals surface area contributed by atoms with Crippen LogP contribution in [0, 0.1) is 5.82 Å². The number of halogens is 2. The van der Waals surface area contributed by atoms with Gasteiger partial charge in [-0.15, -0.1) is 5.10 Å². The number of carbonyl (C=O) groups is 1. The number of aromatic nitrogens is 2. The SMILES string of the molecule is CCc1nnc(N2CCN(C(=O)c3cc(F)cc(Br)c3)CC2)o1. The Morgan fingerprint density at radius 2 is 2.00 bits per heavy atom. The van der Waals surface area contributed by atoms with Crippen molar-refractivity contribution in [2.45, 2.75) is 13.3 Å². The summed E-state index contributed by atoms with van der Waals surface area (Å²) < 4.78 is 19.5. The molecule has 1 aromatic heterocycles. The first-order valence-corrected chi connectivity index (χ1v) is 8.19. The molecule has 0 spiro atoms. The number of aryl methyl sites for hydroxylation is 1. The Kier molecular flexibility index (Phi) is 4.61. The summed E-state index contributed by atoms with van der Waals surface area (Å²) in [5.74, 6) is -0.00735. The van der Waals surface area contributed by atoms with E-state index in [0.717, 1.165) is 0 Å². The predicted molar refractivity (Wildman–Crippen MR) is 85.9 cm³/mol. The lowest BCUT2D eigenvalue weighted by atomic mass is 10.2. The second-order valence-corrected chi connectivity index (χ2v) is 6.18. The van der Waals surface area contributed by atoms with Crippen LogP contribution < -0.4 is 4.90 Å². The van der Waals surface area contributed by atoms with Gasteiger partial charge in [-0.05, 0) is 18.2 Å². The number of anilines is 1. The van der Waals surface area contributed by atoms with Crippen LogP contribution >= 0.6 is 15.9 Å². The maximum atomic E-state index is 13.4. The molecule has 1 aromatic carbocycles. The summed E-state index contributed by atoms with van der Waals surface area (Å²) in [6, 6.07) is 4.70. The van der Waals surface area contributed by atoms with Crippen LogP contribution in [0.25, 0.3) is 0 Å². The number of amides is 1. The first kappa shape index (κ1) is 15.9. The molecule has 0 N–H and O–H groups in total. The Balaban J connectivity index is 1.65. The largest absolute Gasteiger partial charge is 0.408 e.